The number of likely N-dealkylation sites (tertiary alicyclic amines) is 1. The van der Waals surface area contributed by atoms with Gasteiger partial charge in [0.2, 0.25) is 0 Å². The first-order valence-corrected chi connectivity index (χ1v) is 6.96. The Kier molecular flexibility index (Phi) is 3.63. The van der Waals surface area contributed by atoms with E-state index in [0.29, 0.717) is 0 Å². The maximum absolute atomic E-state index is 4.41. The summed E-state index contributed by atoms with van der Waals surface area (Å²) in [6, 6.07) is 0.757. The highest BCUT2D eigenvalue weighted by atomic mass is 15.3. The molecule has 1 aromatic heterocycles. The monoisotopic (exact) mass is 249 g/mol. The second-order valence-corrected chi connectivity index (χ2v) is 5.42. The standard InChI is InChI=1S/C13H23N5/c1-16-7-5-15-13(16)11-17-6-2-12(10-17)18-8-3-14-4-9-18/h5,7,12,14H,2-4,6,8-11H2,1H3. The van der Waals surface area contributed by atoms with E-state index >= 15 is 0 Å². The van der Waals surface area contributed by atoms with Gasteiger partial charge >= 0.3 is 0 Å². The Morgan fingerprint density at radius 3 is 2.89 bits per heavy atom. The van der Waals surface area contributed by atoms with Crippen LogP contribution >= 0.6 is 0 Å². The molecular formula is C13H23N5. The second kappa shape index (κ2) is 5.38. The number of aryl methyl sites for hydroxylation is 1. The van der Waals surface area contributed by atoms with Crippen molar-refractivity contribution in [2.75, 3.05) is 39.3 Å². The van der Waals surface area contributed by atoms with Crippen LogP contribution in [0, 0.1) is 0 Å². The maximum Gasteiger partial charge on any atom is 0.122 e. The molecule has 1 atom stereocenters. The van der Waals surface area contributed by atoms with Crippen LogP contribution in [0.5, 0.6) is 0 Å². The van der Waals surface area contributed by atoms with Gasteiger partial charge in [-0.2, -0.15) is 0 Å². The van der Waals surface area contributed by atoms with E-state index in [1.165, 1.54) is 38.4 Å². The number of hydrogen-bond donors (Lipinski definition) is 1. The van der Waals surface area contributed by atoms with Crippen molar-refractivity contribution in [3.63, 3.8) is 0 Å². The van der Waals surface area contributed by atoms with E-state index in [4.69, 9.17) is 0 Å². The first-order chi connectivity index (χ1) is 8.83. The minimum absolute atomic E-state index is 0.757. The Hall–Kier alpha value is -0.910. The van der Waals surface area contributed by atoms with Crippen molar-refractivity contribution in [1.29, 1.82) is 0 Å². The van der Waals surface area contributed by atoms with Crippen molar-refractivity contribution in [2.24, 2.45) is 7.05 Å². The number of imidazole rings is 1. The normalized spacial score (nSPS) is 26.8. The first-order valence-electron chi connectivity index (χ1n) is 6.96. The molecule has 0 spiro atoms. The molecule has 2 aliphatic heterocycles. The van der Waals surface area contributed by atoms with Gasteiger partial charge in [-0.05, 0) is 6.42 Å². The number of hydrogen-bond acceptors (Lipinski definition) is 4. The van der Waals surface area contributed by atoms with Crippen LogP contribution in [0.2, 0.25) is 0 Å². The molecule has 5 heteroatoms. The molecule has 3 rings (SSSR count). The molecule has 0 saturated carbocycles. The van der Waals surface area contributed by atoms with Crippen LogP contribution in [0.3, 0.4) is 0 Å². The molecule has 0 radical (unpaired) electrons. The van der Waals surface area contributed by atoms with Crippen molar-refractivity contribution in [1.82, 2.24) is 24.7 Å². The lowest BCUT2D eigenvalue weighted by atomic mass is 10.2. The lowest BCUT2D eigenvalue weighted by molar-refractivity contribution is 0.169. The van der Waals surface area contributed by atoms with Crippen molar-refractivity contribution in [3.05, 3.63) is 18.2 Å². The van der Waals surface area contributed by atoms with E-state index in [1.807, 2.05) is 12.4 Å². The third-order valence-corrected chi connectivity index (χ3v) is 4.20. The van der Waals surface area contributed by atoms with Gasteiger partial charge in [-0.3, -0.25) is 9.80 Å². The van der Waals surface area contributed by atoms with Crippen LogP contribution in [-0.2, 0) is 13.6 Å². The highest BCUT2D eigenvalue weighted by Crippen LogP contribution is 2.17. The average molecular weight is 249 g/mol. The number of aromatic nitrogens is 2. The van der Waals surface area contributed by atoms with Crippen molar-refractivity contribution < 1.29 is 0 Å². The molecule has 2 fully saturated rings. The van der Waals surface area contributed by atoms with E-state index in [9.17, 15) is 0 Å². The molecule has 0 aliphatic carbocycles. The molecule has 2 saturated heterocycles. The number of nitrogens with one attached hydrogen (secondary N) is 1. The van der Waals surface area contributed by atoms with E-state index in [0.717, 1.165) is 25.7 Å². The van der Waals surface area contributed by atoms with Crippen molar-refractivity contribution in [2.45, 2.75) is 19.0 Å². The SMILES string of the molecule is Cn1ccnc1CN1CCC(N2CCNCC2)C1. The predicted octanol–water partition coefficient (Wildman–Crippen LogP) is -0.100. The third kappa shape index (κ3) is 2.58. The summed E-state index contributed by atoms with van der Waals surface area (Å²) in [4.78, 5) is 9.60. The summed E-state index contributed by atoms with van der Waals surface area (Å²) in [5.41, 5.74) is 0. The Balaban J connectivity index is 1.53. The van der Waals surface area contributed by atoms with Crippen LogP contribution in [0.1, 0.15) is 12.2 Å². The summed E-state index contributed by atoms with van der Waals surface area (Å²) >= 11 is 0. The van der Waals surface area contributed by atoms with E-state index in [2.05, 4.69) is 31.7 Å². The Morgan fingerprint density at radius 1 is 1.33 bits per heavy atom. The summed E-state index contributed by atoms with van der Waals surface area (Å²) in [6.07, 6.45) is 5.23. The van der Waals surface area contributed by atoms with Crippen LogP contribution in [-0.4, -0.2) is 64.7 Å². The summed E-state index contributed by atoms with van der Waals surface area (Å²) in [5, 5.41) is 3.42. The van der Waals surface area contributed by atoms with Gasteiger partial charge in [0, 0.05) is 64.8 Å². The zero-order valence-corrected chi connectivity index (χ0v) is 11.2. The topological polar surface area (TPSA) is 36.3 Å². The minimum atomic E-state index is 0.757. The van der Waals surface area contributed by atoms with Crippen LogP contribution in [0.4, 0.5) is 0 Å². The molecule has 1 unspecified atom stereocenters. The largest absolute Gasteiger partial charge is 0.337 e. The fraction of sp³-hybridized carbons (Fsp3) is 0.769. The van der Waals surface area contributed by atoms with Crippen LogP contribution in [0.25, 0.3) is 0 Å². The number of rotatable bonds is 3. The molecule has 0 aromatic carbocycles. The minimum Gasteiger partial charge on any atom is -0.337 e. The molecule has 3 heterocycles. The highest BCUT2D eigenvalue weighted by molar-refractivity contribution is 4.94. The predicted molar refractivity (Wildman–Crippen MR) is 71.3 cm³/mol. The number of piperazine rings is 1. The Labute approximate surface area is 109 Å². The zero-order chi connectivity index (χ0) is 12.4. The van der Waals surface area contributed by atoms with Gasteiger partial charge in [0.25, 0.3) is 0 Å². The molecule has 0 amide bonds. The van der Waals surface area contributed by atoms with Gasteiger partial charge in [0.1, 0.15) is 5.82 Å². The molecule has 100 valence electrons. The summed E-state index contributed by atoms with van der Waals surface area (Å²) < 4.78 is 2.12. The molecule has 18 heavy (non-hydrogen) atoms. The smallest absolute Gasteiger partial charge is 0.122 e. The van der Waals surface area contributed by atoms with E-state index in [-0.39, 0.29) is 0 Å². The van der Waals surface area contributed by atoms with Crippen LogP contribution < -0.4 is 5.32 Å². The van der Waals surface area contributed by atoms with Gasteiger partial charge in [-0.25, -0.2) is 4.98 Å². The van der Waals surface area contributed by atoms with E-state index < -0.39 is 0 Å². The highest BCUT2D eigenvalue weighted by Gasteiger charge is 2.28. The van der Waals surface area contributed by atoms with Crippen LogP contribution in [0.15, 0.2) is 12.4 Å². The quantitative estimate of drug-likeness (QED) is 0.811. The molecular weight excluding hydrogens is 226 g/mol. The fourth-order valence-corrected chi connectivity index (χ4v) is 3.05. The third-order valence-electron chi connectivity index (χ3n) is 4.20. The molecule has 1 N–H and O–H groups in total. The molecule has 1 aromatic rings. The molecule has 0 bridgehead atoms. The van der Waals surface area contributed by atoms with E-state index in [1.54, 1.807) is 0 Å². The Morgan fingerprint density at radius 2 is 2.17 bits per heavy atom. The van der Waals surface area contributed by atoms with Gasteiger partial charge < -0.3 is 9.88 Å². The van der Waals surface area contributed by atoms with Gasteiger partial charge in [-0.15, -0.1) is 0 Å². The maximum atomic E-state index is 4.41. The first kappa shape index (κ1) is 12.1. The fourth-order valence-electron chi connectivity index (χ4n) is 3.05. The summed E-state index contributed by atoms with van der Waals surface area (Å²) in [5.74, 6) is 1.18. The second-order valence-electron chi connectivity index (χ2n) is 5.42. The van der Waals surface area contributed by atoms with Gasteiger partial charge in [0.15, 0.2) is 0 Å². The lowest BCUT2D eigenvalue weighted by Crippen LogP contribution is -2.49. The Bertz CT molecular complexity index is 382. The molecule has 2 aliphatic rings. The number of nitrogens with zero attached hydrogens (tertiary/aromatic N) is 4. The van der Waals surface area contributed by atoms with Crippen molar-refractivity contribution in [3.8, 4) is 0 Å². The van der Waals surface area contributed by atoms with Gasteiger partial charge in [0.05, 0.1) is 6.54 Å². The summed E-state index contributed by atoms with van der Waals surface area (Å²) in [6.45, 7) is 8.12. The average Bonchev–Trinajstić information content (AvgIpc) is 3.02. The lowest BCUT2D eigenvalue weighted by Gasteiger charge is -2.32. The zero-order valence-electron chi connectivity index (χ0n) is 11.2. The summed E-state index contributed by atoms with van der Waals surface area (Å²) in [7, 11) is 2.08. The van der Waals surface area contributed by atoms with Crippen molar-refractivity contribution >= 4 is 0 Å². The molecule has 5 nitrogen and oxygen atoms in total. The van der Waals surface area contributed by atoms with Gasteiger partial charge in [-0.1, -0.05) is 0 Å².